The zero-order chi connectivity index (χ0) is 20.9. The van der Waals surface area contributed by atoms with Crippen molar-refractivity contribution < 1.29 is 22.7 Å². The number of alkyl halides is 3. The summed E-state index contributed by atoms with van der Waals surface area (Å²) in [6.45, 7) is 4.66. The van der Waals surface area contributed by atoms with Crippen LogP contribution in [0.4, 0.5) is 29.3 Å². The van der Waals surface area contributed by atoms with E-state index in [1.165, 1.54) is 13.0 Å². The minimum Gasteiger partial charge on any atom is -0.492 e. The quantitative estimate of drug-likeness (QED) is 0.731. The van der Waals surface area contributed by atoms with Gasteiger partial charge in [0.05, 0.1) is 5.56 Å². The number of hydrogen-bond donors (Lipinski definition) is 2. The molecule has 28 heavy (non-hydrogen) atoms. The number of nitrogens with one attached hydrogen (secondary N) is 2. The number of carbonyl (C=O) groups is 1. The molecule has 0 spiro atoms. The molecule has 152 valence electrons. The summed E-state index contributed by atoms with van der Waals surface area (Å²) in [7, 11) is 3.88. The van der Waals surface area contributed by atoms with Gasteiger partial charge in [0.2, 0.25) is 0 Å². The van der Waals surface area contributed by atoms with Gasteiger partial charge >= 0.3 is 12.2 Å². The summed E-state index contributed by atoms with van der Waals surface area (Å²) in [5.74, 6) is 0.634. The molecule has 0 atom stereocenters. The standard InChI is InChI=1S/C20H24F3N3O2/c1-13-9-15(20(21,22)23)11-17(10-13)25-19(27)24-16-6-5-14(2)18(12-16)28-8-7-26(3)4/h5-6,9-12H,7-8H2,1-4H3,(H2,24,25,27). The SMILES string of the molecule is Cc1cc(NC(=O)Nc2ccc(C)c(OCCN(C)C)c2)cc(C(F)(F)F)c1. The Morgan fingerprint density at radius 2 is 1.71 bits per heavy atom. The largest absolute Gasteiger partial charge is 0.492 e. The number of amides is 2. The van der Waals surface area contributed by atoms with Gasteiger partial charge in [0, 0.05) is 24.0 Å². The number of aryl methyl sites for hydroxylation is 2. The number of urea groups is 1. The van der Waals surface area contributed by atoms with Crippen molar-refractivity contribution in [2.75, 3.05) is 37.9 Å². The average Bonchev–Trinajstić information content (AvgIpc) is 2.56. The molecule has 2 amide bonds. The Balaban J connectivity index is 2.06. The molecule has 0 heterocycles. The molecule has 0 aliphatic rings. The third-order valence-electron chi connectivity index (χ3n) is 3.90. The molecule has 2 aromatic carbocycles. The second kappa shape index (κ2) is 8.97. The van der Waals surface area contributed by atoms with Gasteiger partial charge in [-0.05, 0) is 63.3 Å². The van der Waals surface area contributed by atoms with Crippen LogP contribution >= 0.6 is 0 Å². The monoisotopic (exact) mass is 395 g/mol. The Morgan fingerprint density at radius 1 is 1.04 bits per heavy atom. The average molecular weight is 395 g/mol. The van der Waals surface area contributed by atoms with Crippen molar-refractivity contribution in [2.45, 2.75) is 20.0 Å². The van der Waals surface area contributed by atoms with E-state index < -0.39 is 17.8 Å². The molecule has 0 fully saturated rings. The lowest BCUT2D eigenvalue weighted by molar-refractivity contribution is -0.137. The number of ether oxygens (including phenoxy) is 1. The van der Waals surface area contributed by atoms with Crippen LogP contribution < -0.4 is 15.4 Å². The maximum absolute atomic E-state index is 12.9. The van der Waals surface area contributed by atoms with Gasteiger partial charge in [-0.15, -0.1) is 0 Å². The summed E-state index contributed by atoms with van der Waals surface area (Å²) in [5.41, 5.74) is 1.05. The summed E-state index contributed by atoms with van der Waals surface area (Å²) >= 11 is 0. The first-order valence-corrected chi connectivity index (χ1v) is 8.69. The van der Waals surface area contributed by atoms with Gasteiger partial charge < -0.3 is 20.3 Å². The molecule has 0 saturated carbocycles. The molecule has 2 rings (SSSR count). The number of rotatable bonds is 6. The summed E-state index contributed by atoms with van der Waals surface area (Å²) in [5, 5.41) is 5.05. The predicted molar refractivity (Wildman–Crippen MR) is 104 cm³/mol. The Morgan fingerprint density at radius 3 is 2.36 bits per heavy atom. The maximum atomic E-state index is 12.9. The number of anilines is 2. The first-order chi connectivity index (χ1) is 13.0. The van der Waals surface area contributed by atoms with Crippen molar-refractivity contribution >= 4 is 17.4 Å². The van der Waals surface area contributed by atoms with E-state index in [0.29, 0.717) is 23.6 Å². The lowest BCUT2D eigenvalue weighted by Crippen LogP contribution is -2.21. The third-order valence-corrected chi connectivity index (χ3v) is 3.90. The summed E-state index contributed by atoms with van der Waals surface area (Å²) < 4.78 is 44.5. The zero-order valence-corrected chi connectivity index (χ0v) is 16.3. The molecule has 0 radical (unpaired) electrons. The molecule has 5 nitrogen and oxygen atoms in total. The molecule has 8 heteroatoms. The molecule has 0 saturated heterocycles. The summed E-state index contributed by atoms with van der Waals surface area (Å²) in [4.78, 5) is 14.2. The van der Waals surface area contributed by atoms with E-state index >= 15 is 0 Å². The Hall–Kier alpha value is -2.74. The van der Waals surface area contributed by atoms with Crippen LogP contribution in [0.5, 0.6) is 5.75 Å². The molecule has 2 aromatic rings. The zero-order valence-electron chi connectivity index (χ0n) is 16.3. The maximum Gasteiger partial charge on any atom is 0.416 e. The van der Waals surface area contributed by atoms with Crippen LogP contribution in [0.25, 0.3) is 0 Å². The van der Waals surface area contributed by atoms with Crippen molar-refractivity contribution in [3.63, 3.8) is 0 Å². The molecule has 0 aliphatic carbocycles. The summed E-state index contributed by atoms with van der Waals surface area (Å²) in [6.07, 6.45) is -4.48. The van der Waals surface area contributed by atoms with E-state index in [1.54, 1.807) is 18.2 Å². The van der Waals surface area contributed by atoms with Gasteiger partial charge in [-0.2, -0.15) is 13.2 Å². The molecular formula is C20H24F3N3O2. The van der Waals surface area contributed by atoms with Gasteiger partial charge in [-0.3, -0.25) is 0 Å². The van der Waals surface area contributed by atoms with E-state index in [9.17, 15) is 18.0 Å². The van der Waals surface area contributed by atoms with Crippen LogP contribution in [0.3, 0.4) is 0 Å². The van der Waals surface area contributed by atoms with Crippen molar-refractivity contribution in [3.05, 3.63) is 53.1 Å². The van der Waals surface area contributed by atoms with Gasteiger partial charge in [-0.1, -0.05) is 6.07 Å². The van der Waals surface area contributed by atoms with Crippen LogP contribution in [0.2, 0.25) is 0 Å². The highest BCUT2D eigenvalue weighted by molar-refractivity contribution is 6.00. The van der Waals surface area contributed by atoms with Crippen LogP contribution in [0.15, 0.2) is 36.4 Å². The van der Waals surface area contributed by atoms with E-state index in [1.807, 2.05) is 25.9 Å². The number of benzene rings is 2. The number of carbonyl (C=O) groups excluding carboxylic acids is 1. The number of hydrogen-bond acceptors (Lipinski definition) is 3. The number of likely N-dealkylation sites (N-methyl/N-ethyl adjacent to an activating group) is 1. The van der Waals surface area contributed by atoms with Gasteiger partial charge in [0.1, 0.15) is 12.4 Å². The predicted octanol–water partition coefficient (Wildman–Crippen LogP) is 4.91. The third kappa shape index (κ3) is 6.45. The highest BCUT2D eigenvalue weighted by atomic mass is 19.4. The van der Waals surface area contributed by atoms with Crippen molar-refractivity contribution in [3.8, 4) is 5.75 Å². The molecule has 0 aromatic heterocycles. The topological polar surface area (TPSA) is 53.6 Å². The summed E-state index contributed by atoms with van der Waals surface area (Å²) in [6, 6.07) is 7.95. The second-order valence-electron chi connectivity index (χ2n) is 6.80. The number of halogens is 3. The lowest BCUT2D eigenvalue weighted by atomic mass is 10.1. The molecule has 0 bridgehead atoms. The molecule has 0 aliphatic heterocycles. The number of nitrogens with zero attached hydrogens (tertiary/aromatic N) is 1. The fraction of sp³-hybridized carbons (Fsp3) is 0.350. The van der Waals surface area contributed by atoms with Crippen LogP contribution in [-0.4, -0.2) is 38.2 Å². The van der Waals surface area contributed by atoms with Gasteiger partial charge in [0.15, 0.2) is 0 Å². The van der Waals surface area contributed by atoms with Gasteiger partial charge in [-0.25, -0.2) is 4.79 Å². The second-order valence-corrected chi connectivity index (χ2v) is 6.80. The van der Waals surface area contributed by atoms with Gasteiger partial charge in [0.25, 0.3) is 0 Å². The van der Waals surface area contributed by atoms with Crippen molar-refractivity contribution in [1.29, 1.82) is 0 Å². The highest BCUT2D eigenvalue weighted by Gasteiger charge is 2.31. The molecular weight excluding hydrogens is 371 g/mol. The van der Waals surface area contributed by atoms with E-state index in [4.69, 9.17) is 4.74 Å². The van der Waals surface area contributed by atoms with E-state index in [0.717, 1.165) is 24.2 Å². The van der Waals surface area contributed by atoms with E-state index in [-0.39, 0.29) is 5.69 Å². The van der Waals surface area contributed by atoms with Crippen LogP contribution in [0, 0.1) is 13.8 Å². The van der Waals surface area contributed by atoms with E-state index in [2.05, 4.69) is 10.6 Å². The Labute approximate surface area is 162 Å². The Bertz CT molecular complexity index is 836. The van der Waals surface area contributed by atoms with Crippen molar-refractivity contribution in [2.24, 2.45) is 0 Å². The molecule has 2 N–H and O–H groups in total. The normalized spacial score (nSPS) is 11.4. The first kappa shape index (κ1) is 21.6. The van der Waals surface area contributed by atoms with Crippen LogP contribution in [0.1, 0.15) is 16.7 Å². The smallest absolute Gasteiger partial charge is 0.416 e. The van der Waals surface area contributed by atoms with Crippen molar-refractivity contribution in [1.82, 2.24) is 4.90 Å². The minimum atomic E-state index is -4.48. The highest BCUT2D eigenvalue weighted by Crippen LogP contribution is 2.32. The minimum absolute atomic E-state index is 0.0689. The fourth-order valence-corrected chi connectivity index (χ4v) is 2.48. The van der Waals surface area contributed by atoms with Crippen LogP contribution in [-0.2, 0) is 6.18 Å². The molecule has 0 unspecified atom stereocenters. The Kier molecular flexibility index (Phi) is 6.90. The fourth-order valence-electron chi connectivity index (χ4n) is 2.48. The lowest BCUT2D eigenvalue weighted by Gasteiger charge is -2.15. The first-order valence-electron chi connectivity index (χ1n) is 8.69.